The van der Waals surface area contributed by atoms with Crippen LogP contribution in [0.1, 0.15) is 89.8 Å². The number of halogens is 2. The second-order valence-corrected chi connectivity index (χ2v) is 14.8. The van der Waals surface area contributed by atoms with Gasteiger partial charge in [-0.1, -0.05) is 77.0 Å². The van der Waals surface area contributed by atoms with Crippen LogP contribution in [0.2, 0.25) is 0 Å². The first kappa shape index (κ1) is 39.9. The fourth-order valence-electron chi connectivity index (χ4n) is 5.47. The summed E-state index contributed by atoms with van der Waals surface area (Å²) in [6.45, 7) is 21.9. The van der Waals surface area contributed by atoms with Gasteiger partial charge in [0.25, 0.3) is 0 Å². The largest absolute Gasteiger partial charge is 1.00 e. The van der Waals surface area contributed by atoms with Crippen LogP contribution < -0.4 is 24.8 Å². The standard InChI is InChI=1S/C17H17.C15H14.C11H17.2ClH.Zr/c1-10-5-14-9-15-6-11(2)13(4)8-17(15)16(14)7-12(10)3;1-12-3-7-14(8-4-12)11-15-9-5-13(2)6-10-15;1-5-9-6-7-10(8-9)11(2,3)4;;;/h5,7-8H,9H2,1-4H3;3-10H,1-2H3;7-9H,5H2,1-4H3;2*1H;/q-1;;-1;;;+2/p-2. The first-order valence-corrected chi connectivity index (χ1v) is 17.2. The van der Waals surface area contributed by atoms with Crippen LogP contribution >= 0.6 is 0 Å². The third-order valence-electron chi connectivity index (χ3n) is 8.81. The minimum Gasteiger partial charge on any atom is -1.00 e. The zero-order valence-electron chi connectivity index (χ0n) is 29.3. The normalized spacial score (nSPS) is 13.9. The monoisotopic (exact) mass is 724 g/mol. The molecule has 1 unspecified atom stereocenters. The number of rotatable bonds is 3. The second-order valence-electron chi connectivity index (χ2n) is 13.5. The smallest absolute Gasteiger partial charge is 1.00 e. The van der Waals surface area contributed by atoms with E-state index in [1.54, 1.807) is 0 Å². The van der Waals surface area contributed by atoms with Gasteiger partial charge < -0.3 is 24.8 Å². The van der Waals surface area contributed by atoms with Crippen LogP contribution in [0, 0.1) is 65.0 Å². The van der Waals surface area contributed by atoms with Gasteiger partial charge in [-0.3, -0.25) is 6.08 Å². The predicted octanol–water partition coefficient (Wildman–Crippen LogP) is 5.08. The SMILES string of the molecule is CCC1[C-]=CC(C(C)(C)C)=C1.Cc1[c-]c2c(cc1C)-c1cc(C)c(C)cc1C2.Cc1ccc([C](=[Zr+2])c2ccc(C)cc2)cc1.[Cl-].[Cl-]. The minimum atomic E-state index is 0. The Morgan fingerprint density at radius 3 is 1.70 bits per heavy atom. The Morgan fingerprint density at radius 2 is 1.24 bits per heavy atom. The molecule has 3 heteroatoms. The van der Waals surface area contributed by atoms with Crippen molar-refractivity contribution >= 4 is 3.21 Å². The van der Waals surface area contributed by atoms with Gasteiger partial charge >= 0.3 is 112 Å². The zero-order chi connectivity index (χ0) is 32.2. The number of fused-ring (bicyclic) bond motifs is 3. The summed E-state index contributed by atoms with van der Waals surface area (Å²) in [5.74, 6) is 0.573. The molecule has 0 saturated heterocycles. The Morgan fingerprint density at radius 1 is 0.739 bits per heavy atom. The Kier molecular flexibility index (Phi) is 14.9. The van der Waals surface area contributed by atoms with Crippen LogP contribution in [-0.4, -0.2) is 3.21 Å². The number of hydrogen-bond acceptors (Lipinski definition) is 0. The van der Waals surface area contributed by atoms with E-state index in [0.29, 0.717) is 11.3 Å². The molecule has 4 aromatic carbocycles. The summed E-state index contributed by atoms with van der Waals surface area (Å²) in [4.78, 5) is 0. The van der Waals surface area contributed by atoms with Crippen molar-refractivity contribution in [2.75, 3.05) is 0 Å². The summed E-state index contributed by atoms with van der Waals surface area (Å²) in [6, 6.07) is 28.1. The summed E-state index contributed by atoms with van der Waals surface area (Å²) < 4.78 is 1.42. The predicted molar refractivity (Wildman–Crippen MR) is 187 cm³/mol. The first-order chi connectivity index (χ1) is 20.8. The van der Waals surface area contributed by atoms with Gasteiger partial charge in [-0.25, -0.2) is 6.08 Å². The Balaban J connectivity index is 0.000000241. The molecule has 0 spiro atoms. The van der Waals surface area contributed by atoms with Gasteiger partial charge in [-0.05, 0) is 37.0 Å². The molecule has 6 rings (SSSR count). The molecule has 0 saturated carbocycles. The maximum absolute atomic E-state index is 3.54. The van der Waals surface area contributed by atoms with E-state index in [2.05, 4.69) is 160 Å². The molecule has 2 aliphatic rings. The topological polar surface area (TPSA) is 0 Å². The van der Waals surface area contributed by atoms with Gasteiger partial charge in [0.15, 0.2) is 0 Å². The number of allylic oxidation sites excluding steroid dienone is 4. The van der Waals surface area contributed by atoms with Gasteiger partial charge in [0.05, 0.1) is 0 Å². The number of benzene rings is 4. The molecule has 1 atom stereocenters. The summed E-state index contributed by atoms with van der Waals surface area (Å²) in [5, 5.41) is 0. The van der Waals surface area contributed by atoms with Gasteiger partial charge in [0.1, 0.15) is 0 Å². The Bertz CT molecular complexity index is 1600. The molecule has 0 aromatic heterocycles. The molecule has 0 amide bonds. The fourth-order valence-corrected chi connectivity index (χ4v) is 6.29. The van der Waals surface area contributed by atoms with E-state index >= 15 is 0 Å². The van der Waals surface area contributed by atoms with E-state index in [1.165, 1.54) is 106 Å². The van der Waals surface area contributed by atoms with E-state index in [4.69, 9.17) is 0 Å². The van der Waals surface area contributed by atoms with Gasteiger partial charge in [0, 0.05) is 0 Å². The molecular weight excluding hydrogens is 679 g/mol. The quantitative estimate of drug-likeness (QED) is 0.228. The van der Waals surface area contributed by atoms with Gasteiger partial charge in [-0.2, -0.15) is 34.9 Å². The van der Waals surface area contributed by atoms with E-state index in [0.717, 1.165) is 6.42 Å². The molecule has 2 aliphatic carbocycles. The maximum atomic E-state index is 3.54. The van der Waals surface area contributed by atoms with Crippen molar-refractivity contribution in [2.24, 2.45) is 11.3 Å². The van der Waals surface area contributed by atoms with Crippen LogP contribution in [0.5, 0.6) is 0 Å². The van der Waals surface area contributed by atoms with Crippen molar-refractivity contribution in [3.8, 4) is 11.1 Å². The molecule has 0 fully saturated rings. The molecule has 4 aromatic rings. The number of hydrogen-bond donors (Lipinski definition) is 0. The number of aryl methyl sites for hydroxylation is 6. The van der Waals surface area contributed by atoms with Crippen molar-refractivity contribution < 1.29 is 49.0 Å². The van der Waals surface area contributed by atoms with Crippen molar-refractivity contribution in [2.45, 2.75) is 82.1 Å². The van der Waals surface area contributed by atoms with Crippen LogP contribution in [0.15, 0.2) is 84.5 Å². The molecule has 0 heterocycles. The maximum Gasteiger partial charge on any atom is -1.00 e. The molecule has 0 nitrogen and oxygen atoms in total. The van der Waals surface area contributed by atoms with Crippen LogP contribution in [0.25, 0.3) is 11.1 Å². The van der Waals surface area contributed by atoms with Crippen molar-refractivity contribution in [3.05, 3.63) is 152 Å². The van der Waals surface area contributed by atoms with Crippen LogP contribution in [0.4, 0.5) is 0 Å². The minimum absolute atomic E-state index is 0. The summed E-state index contributed by atoms with van der Waals surface area (Å²) in [6.07, 6.45) is 10.1. The van der Waals surface area contributed by atoms with Crippen LogP contribution in [-0.2, 0) is 30.7 Å². The van der Waals surface area contributed by atoms with Crippen LogP contribution in [0.3, 0.4) is 0 Å². The average molecular weight is 727 g/mol. The summed E-state index contributed by atoms with van der Waals surface area (Å²) in [5.41, 5.74) is 18.1. The third kappa shape index (κ3) is 10.1. The molecule has 0 aliphatic heterocycles. The molecule has 240 valence electrons. The summed E-state index contributed by atoms with van der Waals surface area (Å²) >= 11 is 1.46. The Labute approximate surface area is 307 Å². The fraction of sp³-hybridized carbons (Fsp3) is 0.326. The molecule has 0 radical (unpaired) electrons. The zero-order valence-corrected chi connectivity index (χ0v) is 33.2. The first-order valence-electron chi connectivity index (χ1n) is 15.9. The molecule has 46 heavy (non-hydrogen) atoms. The van der Waals surface area contributed by atoms with Crippen molar-refractivity contribution in [3.63, 3.8) is 0 Å². The van der Waals surface area contributed by atoms with E-state index in [1.807, 2.05) is 0 Å². The van der Waals surface area contributed by atoms with E-state index in [9.17, 15) is 0 Å². The second kappa shape index (κ2) is 17.2. The Hall–Kier alpha value is -2.31. The molecular formula is C43H48Cl2Zr-2. The molecule has 0 N–H and O–H groups in total. The van der Waals surface area contributed by atoms with Crippen molar-refractivity contribution in [1.29, 1.82) is 0 Å². The third-order valence-corrected chi connectivity index (χ3v) is 10.2. The van der Waals surface area contributed by atoms with E-state index in [-0.39, 0.29) is 24.8 Å². The van der Waals surface area contributed by atoms with E-state index < -0.39 is 0 Å². The summed E-state index contributed by atoms with van der Waals surface area (Å²) in [7, 11) is 0. The van der Waals surface area contributed by atoms with Gasteiger partial charge in [-0.15, -0.1) is 11.1 Å². The molecule has 0 bridgehead atoms. The van der Waals surface area contributed by atoms with Gasteiger partial charge in [0.2, 0.25) is 0 Å². The average Bonchev–Trinajstić information content (AvgIpc) is 3.60. The van der Waals surface area contributed by atoms with Crippen molar-refractivity contribution in [1.82, 2.24) is 0 Å².